The minimum atomic E-state index is -3.22. The van der Waals surface area contributed by atoms with Crippen LogP contribution in [0.5, 0.6) is 0 Å². The van der Waals surface area contributed by atoms with Crippen LogP contribution in [0.1, 0.15) is 32.4 Å². The number of nitrogens with one attached hydrogen (secondary N) is 1. The quantitative estimate of drug-likeness (QED) is 0.849. The number of hydrogen-bond acceptors (Lipinski definition) is 3. The number of nitrogens with zero attached hydrogens (tertiary/aromatic N) is 1. The van der Waals surface area contributed by atoms with Crippen LogP contribution in [-0.4, -0.2) is 18.7 Å². The molecule has 0 aromatic carbocycles. The third kappa shape index (κ3) is 3.28. The summed E-state index contributed by atoms with van der Waals surface area (Å²) in [5.74, 6) is 0. The largest absolute Gasteiger partial charge is 0.265 e. The average Bonchev–Trinajstić information content (AvgIpc) is 2.18. The van der Waals surface area contributed by atoms with Gasteiger partial charge in [0.15, 0.2) is 0 Å². The SMILES string of the molecule is CC(C)S(=O)(=O)N[C@H](C)c1ccncc1. The van der Waals surface area contributed by atoms with Gasteiger partial charge in [0.05, 0.1) is 5.25 Å². The van der Waals surface area contributed by atoms with E-state index in [0.717, 1.165) is 5.56 Å². The van der Waals surface area contributed by atoms with Crippen molar-refractivity contribution in [1.82, 2.24) is 9.71 Å². The van der Waals surface area contributed by atoms with E-state index in [9.17, 15) is 8.42 Å². The van der Waals surface area contributed by atoms with Crippen LogP contribution in [0, 0.1) is 0 Å². The first-order valence-corrected chi connectivity index (χ1v) is 6.39. The Bertz CT molecular complexity index is 401. The molecule has 5 heteroatoms. The summed E-state index contributed by atoms with van der Waals surface area (Å²) in [4.78, 5) is 3.88. The maximum atomic E-state index is 11.6. The summed E-state index contributed by atoms with van der Waals surface area (Å²) in [6, 6.07) is 3.38. The van der Waals surface area contributed by atoms with Gasteiger partial charge >= 0.3 is 0 Å². The highest BCUT2D eigenvalue weighted by Crippen LogP contribution is 2.12. The third-order valence-electron chi connectivity index (χ3n) is 2.17. The second-order valence-corrected chi connectivity index (χ2v) is 5.98. The summed E-state index contributed by atoms with van der Waals surface area (Å²) in [6.07, 6.45) is 3.30. The van der Waals surface area contributed by atoms with Crippen molar-refractivity contribution in [2.75, 3.05) is 0 Å². The maximum Gasteiger partial charge on any atom is 0.214 e. The number of pyridine rings is 1. The predicted octanol–water partition coefficient (Wildman–Crippen LogP) is 1.47. The molecule has 0 saturated carbocycles. The molecule has 0 amide bonds. The zero-order chi connectivity index (χ0) is 11.5. The highest BCUT2D eigenvalue weighted by molar-refractivity contribution is 7.90. The summed E-state index contributed by atoms with van der Waals surface area (Å²) < 4.78 is 25.8. The Morgan fingerprint density at radius 2 is 1.73 bits per heavy atom. The molecular formula is C10H16N2O2S. The van der Waals surface area contributed by atoms with Crippen molar-refractivity contribution in [3.05, 3.63) is 30.1 Å². The van der Waals surface area contributed by atoms with Gasteiger partial charge in [-0.05, 0) is 38.5 Å². The molecule has 1 heterocycles. The fourth-order valence-corrected chi connectivity index (χ4v) is 2.00. The molecule has 0 radical (unpaired) electrons. The molecule has 1 rings (SSSR count). The molecule has 0 fully saturated rings. The van der Waals surface area contributed by atoms with E-state index < -0.39 is 15.3 Å². The van der Waals surface area contributed by atoms with E-state index >= 15 is 0 Å². The molecule has 1 aromatic heterocycles. The van der Waals surface area contributed by atoms with E-state index in [1.165, 1.54) is 0 Å². The van der Waals surface area contributed by atoms with Gasteiger partial charge in [-0.25, -0.2) is 13.1 Å². The molecule has 84 valence electrons. The van der Waals surface area contributed by atoms with Crippen LogP contribution >= 0.6 is 0 Å². The molecule has 0 aliphatic rings. The molecule has 1 N–H and O–H groups in total. The number of sulfonamides is 1. The molecule has 1 aromatic rings. The van der Waals surface area contributed by atoms with Crippen molar-refractivity contribution < 1.29 is 8.42 Å². The van der Waals surface area contributed by atoms with Crippen molar-refractivity contribution in [2.45, 2.75) is 32.1 Å². The standard InChI is InChI=1S/C10H16N2O2S/c1-8(2)15(13,14)12-9(3)10-4-6-11-7-5-10/h4-9,12H,1-3H3/t9-/m1/s1. The first-order valence-electron chi connectivity index (χ1n) is 4.84. The smallest absolute Gasteiger partial charge is 0.214 e. The van der Waals surface area contributed by atoms with Crippen LogP contribution in [-0.2, 0) is 10.0 Å². The fourth-order valence-electron chi connectivity index (χ4n) is 1.10. The van der Waals surface area contributed by atoms with Gasteiger partial charge in [0.2, 0.25) is 10.0 Å². The Morgan fingerprint density at radius 3 is 2.20 bits per heavy atom. The van der Waals surface area contributed by atoms with Gasteiger partial charge in [0, 0.05) is 18.4 Å². The lowest BCUT2D eigenvalue weighted by molar-refractivity contribution is 0.558. The Kier molecular flexibility index (Phi) is 3.82. The van der Waals surface area contributed by atoms with Gasteiger partial charge in [-0.2, -0.15) is 0 Å². The number of aromatic nitrogens is 1. The highest BCUT2D eigenvalue weighted by atomic mass is 32.2. The molecule has 0 unspecified atom stereocenters. The van der Waals surface area contributed by atoms with E-state index in [2.05, 4.69) is 9.71 Å². The number of hydrogen-bond donors (Lipinski definition) is 1. The number of rotatable bonds is 4. The Labute approximate surface area is 90.8 Å². The van der Waals surface area contributed by atoms with Gasteiger partial charge < -0.3 is 0 Å². The Hall–Kier alpha value is -0.940. The lowest BCUT2D eigenvalue weighted by Crippen LogP contribution is -2.32. The summed E-state index contributed by atoms with van der Waals surface area (Å²) in [6.45, 7) is 5.12. The molecule has 4 nitrogen and oxygen atoms in total. The molecule has 0 saturated heterocycles. The minimum absolute atomic E-state index is 0.222. The zero-order valence-corrected chi connectivity index (χ0v) is 9.95. The van der Waals surface area contributed by atoms with Gasteiger partial charge in [0.1, 0.15) is 0 Å². The second-order valence-electron chi connectivity index (χ2n) is 3.71. The average molecular weight is 228 g/mol. The van der Waals surface area contributed by atoms with Crippen LogP contribution in [0.25, 0.3) is 0 Å². The summed E-state index contributed by atoms with van der Waals surface area (Å²) in [5, 5.41) is -0.415. The predicted molar refractivity (Wildman–Crippen MR) is 59.8 cm³/mol. The molecule has 0 aliphatic carbocycles. The molecule has 0 aliphatic heterocycles. The van der Waals surface area contributed by atoms with Gasteiger partial charge in [-0.1, -0.05) is 0 Å². The van der Waals surface area contributed by atoms with Gasteiger partial charge in [-0.3, -0.25) is 4.98 Å². The lowest BCUT2D eigenvalue weighted by atomic mass is 10.1. The van der Waals surface area contributed by atoms with Gasteiger partial charge in [-0.15, -0.1) is 0 Å². The molecular weight excluding hydrogens is 212 g/mol. The summed E-state index contributed by atoms with van der Waals surface area (Å²) in [7, 11) is -3.22. The van der Waals surface area contributed by atoms with Crippen LogP contribution in [0.4, 0.5) is 0 Å². The highest BCUT2D eigenvalue weighted by Gasteiger charge is 2.19. The van der Waals surface area contributed by atoms with Crippen molar-refractivity contribution in [1.29, 1.82) is 0 Å². The molecule has 15 heavy (non-hydrogen) atoms. The third-order valence-corrected chi connectivity index (χ3v) is 4.09. The van der Waals surface area contributed by atoms with Gasteiger partial charge in [0.25, 0.3) is 0 Å². The molecule has 1 atom stereocenters. The van der Waals surface area contributed by atoms with Crippen LogP contribution in [0.15, 0.2) is 24.5 Å². The minimum Gasteiger partial charge on any atom is -0.265 e. The summed E-state index contributed by atoms with van der Waals surface area (Å²) in [5.41, 5.74) is 0.911. The fraction of sp³-hybridized carbons (Fsp3) is 0.500. The summed E-state index contributed by atoms with van der Waals surface area (Å²) >= 11 is 0. The normalized spacial score (nSPS) is 14.1. The van der Waals surface area contributed by atoms with Crippen LogP contribution in [0.3, 0.4) is 0 Å². The Morgan fingerprint density at radius 1 is 1.20 bits per heavy atom. The zero-order valence-electron chi connectivity index (χ0n) is 9.14. The first kappa shape index (κ1) is 12.1. The van der Waals surface area contributed by atoms with Crippen molar-refractivity contribution in [3.8, 4) is 0 Å². The lowest BCUT2D eigenvalue weighted by Gasteiger charge is -2.16. The maximum absolute atomic E-state index is 11.6. The van der Waals surface area contributed by atoms with E-state index in [4.69, 9.17) is 0 Å². The second kappa shape index (κ2) is 4.72. The van der Waals surface area contributed by atoms with Crippen molar-refractivity contribution in [2.24, 2.45) is 0 Å². The van der Waals surface area contributed by atoms with Crippen molar-refractivity contribution in [3.63, 3.8) is 0 Å². The monoisotopic (exact) mass is 228 g/mol. The molecule has 0 bridgehead atoms. The van der Waals surface area contributed by atoms with E-state index in [1.807, 2.05) is 6.92 Å². The topological polar surface area (TPSA) is 59.1 Å². The van der Waals surface area contributed by atoms with Crippen LogP contribution in [0.2, 0.25) is 0 Å². The van der Waals surface area contributed by atoms with E-state index in [-0.39, 0.29) is 6.04 Å². The van der Waals surface area contributed by atoms with Crippen LogP contribution < -0.4 is 4.72 Å². The Balaban J connectivity index is 2.77. The molecule has 0 spiro atoms. The first-order chi connectivity index (χ1) is 6.93. The van der Waals surface area contributed by atoms with E-state index in [1.54, 1.807) is 38.4 Å². The van der Waals surface area contributed by atoms with E-state index in [0.29, 0.717) is 0 Å². The van der Waals surface area contributed by atoms with Crippen molar-refractivity contribution >= 4 is 10.0 Å².